The van der Waals surface area contributed by atoms with Crippen molar-refractivity contribution < 1.29 is 0 Å². The summed E-state index contributed by atoms with van der Waals surface area (Å²) < 4.78 is 2.63. The van der Waals surface area contributed by atoms with Crippen LogP contribution in [0.25, 0.3) is 85.2 Å². The smallest absolute Gasteiger partial charge is 0.0640 e. The Bertz CT molecular complexity index is 3190. The summed E-state index contributed by atoms with van der Waals surface area (Å²) in [5.41, 5.74) is 5.88. The van der Waals surface area contributed by atoms with E-state index in [0.29, 0.717) is 0 Å². The van der Waals surface area contributed by atoms with Gasteiger partial charge in [-0.05, 0) is 101 Å². The Morgan fingerprint density at radius 2 is 0.788 bits per heavy atom. The molecular formula is C50H31NS. The summed E-state index contributed by atoms with van der Waals surface area (Å²) in [6.45, 7) is 0. The van der Waals surface area contributed by atoms with Gasteiger partial charge in [-0.1, -0.05) is 152 Å². The van der Waals surface area contributed by atoms with Gasteiger partial charge in [0.25, 0.3) is 0 Å². The molecule has 0 fully saturated rings. The summed E-state index contributed by atoms with van der Waals surface area (Å²) >= 11 is 1.90. The van der Waals surface area contributed by atoms with Gasteiger partial charge in [-0.2, -0.15) is 0 Å². The van der Waals surface area contributed by atoms with E-state index in [0.717, 1.165) is 11.4 Å². The van der Waals surface area contributed by atoms with Gasteiger partial charge in [0.1, 0.15) is 0 Å². The molecule has 1 aromatic heterocycles. The number of anilines is 3. The molecule has 0 bridgehead atoms. The predicted octanol–water partition coefficient (Wildman–Crippen LogP) is 15.0. The Morgan fingerprint density at radius 1 is 0.288 bits per heavy atom. The molecule has 0 saturated carbocycles. The highest BCUT2D eigenvalue weighted by atomic mass is 32.1. The van der Waals surface area contributed by atoms with Gasteiger partial charge in [0.05, 0.1) is 10.4 Å². The van der Waals surface area contributed by atoms with Gasteiger partial charge in [0.15, 0.2) is 0 Å². The summed E-state index contributed by atoms with van der Waals surface area (Å²) in [4.78, 5) is 2.46. The van der Waals surface area contributed by atoms with Crippen molar-refractivity contribution in [3.8, 4) is 11.1 Å². The second-order valence-electron chi connectivity index (χ2n) is 13.7. The minimum Gasteiger partial charge on any atom is -0.309 e. The average Bonchev–Trinajstić information content (AvgIpc) is 3.61. The minimum absolute atomic E-state index is 1.13. The fourth-order valence-corrected chi connectivity index (χ4v) is 9.58. The van der Waals surface area contributed by atoms with E-state index in [-0.39, 0.29) is 0 Å². The topological polar surface area (TPSA) is 3.24 Å². The van der Waals surface area contributed by atoms with Crippen LogP contribution >= 0.6 is 11.3 Å². The maximum atomic E-state index is 2.46. The molecule has 0 atom stereocenters. The first-order valence-corrected chi connectivity index (χ1v) is 18.7. The van der Waals surface area contributed by atoms with Crippen LogP contribution in [0.4, 0.5) is 17.1 Å². The molecule has 242 valence electrons. The Balaban J connectivity index is 1.11. The molecule has 0 amide bonds. The van der Waals surface area contributed by atoms with Gasteiger partial charge in [0, 0.05) is 26.8 Å². The molecule has 0 aliphatic carbocycles. The Kier molecular flexibility index (Phi) is 6.49. The molecule has 11 rings (SSSR count). The van der Waals surface area contributed by atoms with E-state index < -0.39 is 0 Å². The number of rotatable bonds is 4. The maximum Gasteiger partial charge on any atom is 0.0640 e. The van der Waals surface area contributed by atoms with E-state index in [9.17, 15) is 0 Å². The van der Waals surface area contributed by atoms with Crippen LogP contribution in [0, 0.1) is 0 Å². The third-order valence-electron chi connectivity index (χ3n) is 10.8. The van der Waals surface area contributed by atoms with Crippen molar-refractivity contribution in [3.05, 3.63) is 188 Å². The molecule has 0 spiro atoms. The molecule has 0 N–H and O–H groups in total. The lowest BCUT2D eigenvalue weighted by Gasteiger charge is -2.27. The minimum atomic E-state index is 1.13. The third-order valence-corrected chi connectivity index (χ3v) is 12.1. The molecule has 0 radical (unpaired) electrons. The van der Waals surface area contributed by atoms with Crippen molar-refractivity contribution in [2.45, 2.75) is 0 Å². The number of hydrogen-bond acceptors (Lipinski definition) is 2. The zero-order valence-corrected chi connectivity index (χ0v) is 29.1. The summed E-state index contributed by atoms with van der Waals surface area (Å²) in [5.74, 6) is 0. The van der Waals surface area contributed by atoms with Gasteiger partial charge in [0.2, 0.25) is 0 Å². The van der Waals surface area contributed by atoms with E-state index >= 15 is 0 Å². The van der Waals surface area contributed by atoms with Crippen molar-refractivity contribution >= 4 is 102 Å². The number of nitrogens with zero attached hydrogens (tertiary/aromatic N) is 1. The summed E-state index contributed by atoms with van der Waals surface area (Å²) in [5, 5.41) is 15.3. The summed E-state index contributed by atoms with van der Waals surface area (Å²) in [7, 11) is 0. The summed E-state index contributed by atoms with van der Waals surface area (Å²) in [6.07, 6.45) is 0. The highest BCUT2D eigenvalue weighted by molar-refractivity contribution is 7.27. The molecule has 0 aliphatic rings. The van der Waals surface area contributed by atoms with Crippen LogP contribution in [-0.2, 0) is 0 Å². The molecule has 10 aromatic carbocycles. The van der Waals surface area contributed by atoms with Gasteiger partial charge in [-0.3, -0.25) is 0 Å². The first kappa shape index (κ1) is 29.3. The zero-order valence-electron chi connectivity index (χ0n) is 28.3. The molecule has 1 nitrogen and oxygen atoms in total. The van der Waals surface area contributed by atoms with E-state index in [2.05, 4.69) is 193 Å². The first-order valence-electron chi connectivity index (χ1n) is 17.8. The molecule has 1 heterocycles. The maximum absolute atomic E-state index is 2.46. The van der Waals surface area contributed by atoms with Crippen LogP contribution in [0.15, 0.2) is 188 Å². The zero-order chi connectivity index (χ0) is 34.2. The third kappa shape index (κ3) is 4.55. The molecule has 2 heteroatoms. The van der Waals surface area contributed by atoms with Gasteiger partial charge in [-0.15, -0.1) is 11.3 Å². The standard InChI is InChI=1S/C50H31NS/c1-4-11-41-33(8-1)18-19-38-30-37(24-28-43(38)41)32-20-25-39(26-21-32)51(40-27-22-36-17-16-34-9-2-5-12-42(34)47(36)31-40)48-15-7-14-45-46-29-23-35-10-3-6-13-44(35)49(46)52-50(45)48/h1-31H. The van der Waals surface area contributed by atoms with Gasteiger partial charge in [-0.25, -0.2) is 0 Å². The molecule has 0 aliphatic heterocycles. The van der Waals surface area contributed by atoms with Gasteiger partial charge >= 0.3 is 0 Å². The fourth-order valence-electron chi connectivity index (χ4n) is 8.24. The van der Waals surface area contributed by atoms with E-state index in [1.165, 1.54) is 90.8 Å². The number of thiophene rings is 1. The number of benzene rings is 10. The van der Waals surface area contributed by atoms with E-state index in [4.69, 9.17) is 0 Å². The van der Waals surface area contributed by atoms with Crippen molar-refractivity contribution in [1.29, 1.82) is 0 Å². The SMILES string of the molecule is c1ccc2c(c1)ccc1cc(-c3ccc(N(c4ccc5ccc6ccccc6c5c4)c4cccc5c4sc4c6ccccc6ccc54)cc3)ccc12. The number of fused-ring (bicyclic) bond motifs is 11. The predicted molar refractivity (Wildman–Crippen MR) is 227 cm³/mol. The van der Waals surface area contributed by atoms with Crippen LogP contribution in [0.3, 0.4) is 0 Å². The lowest BCUT2D eigenvalue weighted by molar-refractivity contribution is 1.31. The highest BCUT2D eigenvalue weighted by Crippen LogP contribution is 2.47. The van der Waals surface area contributed by atoms with Gasteiger partial charge < -0.3 is 4.90 Å². The lowest BCUT2D eigenvalue weighted by atomic mass is 9.97. The molecule has 11 aromatic rings. The second-order valence-corrected chi connectivity index (χ2v) is 14.7. The molecule has 0 saturated heterocycles. The van der Waals surface area contributed by atoms with Crippen LogP contribution in [0.5, 0.6) is 0 Å². The highest BCUT2D eigenvalue weighted by Gasteiger charge is 2.20. The van der Waals surface area contributed by atoms with Crippen molar-refractivity contribution in [1.82, 2.24) is 0 Å². The fraction of sp³-hybridized carbons (Fsp3) is 0. The normalized spacial score (nSPS) is 11.8. The quantitative estimate of drug-likeness (QED) is 0.168. The molecular weight excluding hydrogens is 647 g/mol. The van der Waals surface area contributed by atoms with Crippen molar-refractivity contribution in [2.24, 2.45) is 0 Å². The largest absolute Gasteiger partial charge is 0.309 e. The Morgan fingerprint density at radius 3 is 1.56 bits per heavy atom. The van der Waals surface area contributed by atoms with Crippen LogP contribution in [-0.4, -0.2) is 0 Å². The van der Waals surface area contributed by atoms with Crippen LogP contribution in [0.1, 0.15) is 0 Å². The van der Waals surface area contributed by atoms with Crippen molar-refractivity contribution in [3.63, 3.8) is 0 Å². The Labute approximate surface area is 305 Å². The van der Waals surface area contributed by atoms with E-state index in [1.54, 1.807) is 0 Å². The van der Waals surface area contributed by atoms with Crippen LogP contribution < -0.4 is 4.90 Å². The van der Waals surface area contributed by atoms with E-state index in [1.807, 2.05) is 11.3 Å². The monoisotopic (exact) mass is 677 g/mol. The lowest BCUT2D eigenvalue weighted by Crippen LogP contribution is -2.10. The summed E-state index contributed by atoms with van der Waals surface area (Å²) in [6, 6.07) is 69.3. The van der Waals surface area contributed by atoms with Crippen LogP contribution in [0.2, 0.25) is 0 Å². The van der Waals surface area contributed by atoms with Crippen molar-refractivity contribution in [2.75, 3.05) is 4.90 Å². The number of hydrogen-bond donors (Lipinski definition) is 0. The first-order chi connectivity index (χ1) is 25.8. The Hall–Kier alpha value is -6.48. The average molecular weight is 678 g/mol. The molecule has 0 unspecified atom stereocenters. The molecule has 52 heavy (non-hydrogen) atoms. The second kappa shape index (κ2) is 11.5.